The van der Waals surface area contributed by atoms with Crippen molar-refractivity contribution >= 4 is 11.2 Å². The SMILES string of the molecule is C[N+](C)(C)n1c(-c2ccco2)nc2[nH]c(=O)[nH]c(=O)c21. The molecule has 0 spiro atoms. The van der Waals surface area contributed by atoms with Crippen molar-refractivity contribution in [1.82, 2.24) is 24.2 Å². The number of aromatic nitrogens is 4. The van der Waals surface area contributed by atoms with Crippen LogP contribution in [0.5, 0.6) is 0 Å². The number of furan rings is 1. The molecule has 0 unspecified atom stereocenters. The molecule has 104 valence electrons. The van der Waals surface area contributed by atoms with Crippen LogP contribution in [0.25, 0.3) is 22.7 Å². The quantitative estimate of drug-likeness (QED) is 0.644. The van der Waals surface area contributed by atoms with Gasteiger partial charge in [-0.1, -0.05) is 0 Å². The fourth-order valence-corrected chi connectivity index (χ4v) is 2.15. The maximum absolute atomic E-state index is 12.1. The van der Waals surface area contributed by atoms with Crippen molar-refractivity contribution in [2.45, 2.75) is 0 Å². The molecule has 3 aromatic rings. The number of imidazole rings is 1. The predicted octanol–water partition coefficient (Wildman–Crippen LogP) is 0.00120. The van der Waals surface area contributed by atoms with Gasteiger partial charge in [0.2, 0.25) is 11.3 Å². The van der Waals surface area contributed by atoms with Gasteiger partial charge in [-0.05, 0) is 12.1 Å². The van der Waals surface area contributed by atoms with Crippen LogP contribution in [0.3, 0.4) is 0 Å². The van der Waals surface area contributed by atoms with Crippen LogP contribution in [0.1, 0.15) is 0 Å². The lowest BCUT2D eigenvalue weighted by molar-refractivity contribution is 0.270. The van der Waals surface area contributed by atoms with E-state index in [-0.39, 0.29) is 5.65 Å². The number of fused-ring (bicyclic) bond motifs is 1. The van der Waals surface area contributed by atoms with Crippen molar-refractivity contribution in [3.63, 3.8) is 0 Å². The third-order valence-corrected chi connectivity index (χ3v) is 2.87. The van der Waals surface area contributed by atoms with Gasteiger partial charge in [-0.3, -0.25) is 14.8 Å². The summed E-state index contributed by atoms with van der Waals surface area (Å²) in [6, 6.07) is 3.49. The highest BCUT2D eigenvalue weighted by molar-refractivity contribution is 5.75. The maximum atomic E-state index is 12.1. The summed E-state index contributed by atoms with van der Waals surface area (Å²) in [4.78, 5) is 32.5. The predicted molar refractivity (Wildman–Crippen MR) is 74.0 cm³/mol. The van der Waals surface area contributed by atoms with Gasteiger partial charge in [0, 0.05) is 0 Å². The molecule has 20 heavy (non-hydrogen) atoms. The molecule has 0 atom stereocenters. The minimum absolute atomic E-state index is 0.234. The van der Waals surface area contributed by atoms with Crippen molar-refractivity contribution in [1.29, 1.82) is 0 Å². The third-order valence-electron chi connectivity index (χ3n) is 2.87. The standard InChI is InChI=1S/C12H13N5O3/c1-17(2,3)16-8-9(14-12(19)15-11(8)18)13-10(16)7-5-4-6-20-7/h4-6H,1-3H3,(H-,14,15,18,19)/p+1. The van der Waals surface area contributed by atoms with E-state index in [1.54, 1.807) is 16.8 Å². The first-order valence-electron chi connectivity index (χ1n) is 5.99. The summed E-state index contributed by atoms with van der Waals surface area (Å²) in [5.41, 5.74) is -0.539. The molecule has 0 aliphatic rings. The van der Waals surface area contributed by atoms with Gasteiger partial charge in [0.1, 0.15) is 0 Å². The summed E-state index contributed by atoms with van der Waals surface area (Å²) in [7, 11) is 5.66. The van der Waals surface area contributed by atoms with E-state index in [2.05, 4.69) is 15.0 Å². The van der Waals surface area contributed by atoms with E-state index in [9.17, 15) is 9.59 Å². The van der Waals surface area contributed by atoms with E-state index in [1.165, 1.54) is 6.26 Å². The van der Waals surface area contributed by atoms with Crippen molar-refractivity contribution in [3.8, 4) is 11.6 Å². The van der Waals surface area contributed by atoms with Crippen LogP contribution in [-0.2, 0) is 0 Å². The zero-order chi connectivity index (χ0) is 14.5. The minimum Gasteiger partial charge on any atom is -0.461 e. The second-order valence-electron chi connectivity index (χ2n) is 5.27. The first-order chi connectivity index (χ1) is 9.38. The summed E-state index contributed by atoms with van der Waals surface area (Å²) in [6.45, 7) is 0. The number of quaternary nitrogens is 1. The molecule has 8 heteroatoms. The van der Waals surface area contributed by atoms with E-state index in [1.807, 2.05) is 21.1 Å². The number of hydrogen-bond acceptors (Lipinski definition) is 4. The van der Waals surface area contributed by atoms with Gasteiger partial charge in [-0.2, -0.15) is 4.68 Å². The zero-order valence-electron chi connectivity index (χ0n) is 11.3. The Hall–Kier alpha value is -2.61. The van der Waals surface area contributed by atoms with Gasteiger partial charge in [0.05, 0.1) is 27.4 Å². The van der Waals surface area contributed by atoms with Crippen LogP contribution < -0.4 is 15.8 Å². The normalized spacial score (nSPS) is 12.2. The highest BCUT2D eigenvalue weighted by Crippen LogP contribution is 2.23. The molecule has 0 bridgehead atoms. The first kappa shape index (κ1) is 12.4. The lowest BCUT2D eigenvalue weighted by atomic mass is 10.4. The molecule has 0 aliphatic carbocycles. The molecule has 8 nitrogen and oxygen atoms in total. The average molecular weight is 276 g/mol. The minimum atomic E-state index is -0.584. The first-order valence-corrected chi connectivity index (χ1v) is 5.99. The third kappa shape index (κ3) is 1.77. The van der Waals surface area contributed by atoms with Crippen molar-refractivity contribution < 1.29 is 4.42 Å². The fourth-order valence-electron chi connectivity index (χ4n) is 2.15. The zero-order valence-corrected chi connectivity index (χ0v) is 11.3. The highest BCUT2D eigenvalue weighted by atomic mass is 16.3. The number of H-pyrrole nitrogens is 2. The molecule has 3 aromatic heterocycles. The lowest BCUT2D eigenvalue weighted by Gasteiger charge is -2.25. The number of rotatable bonds is 2. The Kier molecular flexibility index (Phi) is 2.45. The number of aromatic amines is 2. The van der Waals surface area contributed by atoms with Gasteiger partial charge in [-0.25, -0.2) is 14.4 Å². The number of nitrogens with zero attached hydrogens (tertiary/aromatic N) is 3. The second-order valence-corrected chi connectivity index (χ2v) is 5.27. The molecule has 0 saturated heterocycles. The van der Waals surface area contributed by atoms with E-state index in [4.69, 9.17) is 4.42 Å². The van der Waals surface area contributed by atoms with Crippen LogP contribution in [0.15, 0.2) is 32.4 Å². The Bertz CT molecular complexity index is 877. The molecule has 0 radical (unpaired) electrons. The monoisotopic (exact) mass is 276 g/mol. The van der Waals surface area contributed by atoms with Crippen molar-refractivity contribution in [2.75, 3.05) is 21.1 Å². The molecule has 3 heterocycles. The van der Waals surface area contributed by atoms with E-state index < -0.39 is 11.2 Å². The summed E-state index contributed by atoms with van der Waals surface area (Å²) in [5, 5.41) is 0. The summed E-state index contributed by atoms with van der Waals surface area (Å²) in [5.74, 6) is 0.999. The molecule has 0 aliphatic heterocycles. The van der Waals surface area contributed by atoms with E-state index >= 15 is 0 Å². The van der Waals surface area contributed by atoms with Crippen LogP contribution in [0.2, 0.25) is 0 Å². The molecule has 0 amide bonds. The van der Waals surface area contributed by atoms with Gasteiger partial charge in [0.15, 0.2) is 11.4 Å². The van der Waals surface area contributed by atoms with Crippen molar-refractivity contribution in [2.24, 2.45) is 0 Å². The summed E-state index contributed by atoms with van der Waals surface area (Å²) < 4.78 is 7.35. The summed E-state index contributed by atoms with van der Waals surface area (Å²) >= 11 is 0. The molecular formula is C12H14N5O3+. The Morgan fingerprint density at radius 1 is 1.25 bits per heavy atom. The average Bonchev–Trinajstić information content (AvgIpc) is 2.91. The van der Waals surface area contributed by atoms with E-state index in [0.717, 1.165) is 0 Å². The molecular weight excluding hydrogens is 262 g/mol. The lowest BCUT2D eigenvalue weighted by Crippen LogP contribution is -2.48. The number of hydrogen-bond donors (Lipinski definition) is 2. The van der Waals surface area contributed by atoms with Gasteiger partial charge in [0.25, 0.3) is 5.56 Å². The van der Waals surface area contributed by atoms with E-state index in [0.29, 0.717) is 21.7 Å². The largest absolute Gasteiger partial charge is 0.461 e. The molecule has 0 fully saturated rings. The van der Waals surface area contributed by atoms with Crippen LogP contribution in [0, 0.1) is 0 Å². The Morgan fingerprint density at radius 2 is 2.00 bits per heavy atom. The molecule has 0 aromatic carbocycles. The smallest absolute Gasteiger partial charge is 0.327 e. The molecule has 0 saturated carbocycles. The maximum Gasteiger partial charge on any atom is 0.327 e. The topological polar surface area (TPSA) is 96.7 Å². The summed E-state index contributed by atoms with van der Waals surface area (Å²) in [6.07, 6.45) is 1.53. The highest BCUT2D eigenvalue weighted by Gasteiger charge is 2.26. The van der Waals surface area contributed by atoms with Gasteiger partial charge >= 0.3 is 5.69 Å². The Balaban J connectivity index is 2.50. The second kappa shape index (κ2) is 3.94. The Labute approximate surface area is 112 Å². The van der Waals surface area contributed by atoms with Crippen molar-refractivity contribution in [3.05, 3.63) is 39.2 Å². The Morgan fingerprint density at radius 3 is 2.60 bits per heavy atom. The fraction of sp³-hybridized carbons (Fsp3) is 0.250. The van der Waals surface area contributed by atoms with Crippen LogP contribution >= 0.6 is 0 Å². The van der Waals surface area contributed by atoms with Crippen LogP contribution in [-0.4, -0.2) is 40.8 Å². The molecule has 3 rings (SSSR count). The number of nitrogens with one attached hydrogen (secondary N) is 2. The van der Waals surface area contributed by atoms with Gasteiger partial charge < -0.3 is 4.42 Å². The van der Waals surface area contributed by atoms with Crippen LogP contribution in [0.4, 0.5) is 0 Å². The van der Waals surface area contributed by atoms with Gasteiger partial charge in [-0.15, -0.1) is 0 Å². The molecule has 2 N–H and O–H groups in total.